The maximum Gasteiger partial charge on any atom is 0.429 e. The number of rotatable bonds is 7. The summed E-state index contributed by atoms with van der Waals surface area (Å²) < 4.78 is 78.6. The number of hydrogen-bond acceptors (Lipinski definition) is 8. The molecular formula is C31H30F5N7O3. The van der Waals surface area contributed by atoms with E-state index in [0.29, 0.717) is 50.2 Å². The molecule has 6 rings (SSSR count). The molecule has 46 heavy (non-hydrogen) atoms. The van der Waals surface area contributed by atoms with Crippen molar-refractivity contribution in [3.63, 3.8) is 0 Å². The predicted molar refractivity (Wildman–Crippen MR) is 157 cm³/mol. The summed E-state index contributed by atoms with van der Waals surface area (Å²) in [5.41, 5.74) is 6.57. The molecule has 2 aliphatic rings. The van der Waals surface area contributed by atoms with Gasteiger partial charge in [-0.05, 0) is 67.0 Å². The highest BCUT2D eigenvalue weighted by atomic mass is 19.4. The summed E-state index contributed by atoms with van der Waals surface area (Å²) >= 11 is 0. The first-order chi connectivity index (χ1) is 21.8. The maximum atomic E-state index is 14.7. The van der Waals surface area contributed by atoms with Crippen LogP contribution in [0.15, 0.2) is 54.7 Å². The van der Waals surface area contributed by atoms with E-state index < -0.39 is 41.8 Å². The molecule has 4 heterocycles. The predicted octanol–water partition coefficient (Wildman–Crippen LogP) is 5.21. The summed E-state index contributed by atoms with van der Waals surface area (Å²) in [5.74, 6) is -3.43. The number of aromatic nitrogens is 4. The van der Waals surface area contributed by atoms with Gasteiger partial charge < -0.3 is 25.8 Å². The fourth-order valence-electron chi connectivity index (χ4n) is 6.13. The van der Waals surface area contributed by atoms with Crippen molar-refractivity contribution in [2.24, 2.45) is 5.41 Å². The topological polar surface area (TPSA) is 131 Å². The van der Waals surface area contributed by atoms with Crippen LogP contribution in [0.5, 0.6) is 5.88 Å². The Hall–Kier alpha value is -4.79. The number of aliphatic carboxylic acids is 1. The summed E-state index contributed by atoms with van der Waals surface area (Å²) in [6.45, 7) is 3.22. The third-order valence-electron chi connectivity index (χ3n) is 8.58. The minimum atomic E-state index is -4.92. The first-order valence-corrected chi connectivity index (χ1v) is 14.5. The number of nitrogens with two attached hydrogens (primary N) is 1. The number of nitrogens with one attached hydrogen (secondary N) is 1. The van der Waals surface area contributed by atoms with Gasteiger partial charge in [0, 0.05) is 37.5 Å². The molecule has 10 nitrogen and oxygen atoms in total. The van der Waals surface area contributed by atoms with Crippen LogP contribution < -0.4 is 20.7 Å². The number of carboxylic acids is 1. The first kappa shape index (κ1) is 31.2. The molecule has 242 valence electrons. The van der Waals surface area contributed by atoms with Crippen LogP contribution in [0.4, 0.5) is 33.7 Å². The molecule has 2 atom stereocenters. The van der Waals surface area contributed by atoms with Gasteiger partial charge in [0.15, 0.2) is 11.6 Å². The minimum Gasteiger partial charge on any atom is -0.480 e. The molecule has 1 spiro atoms. The number of piperidine rings is 1. The quantitative estimate of drug-likeness (QED) is 0.232. The van der Waals surface area contributed by atoms with Gasteiger partial charge in [0.25, 0.3) is 0 Å². The first-order valence-electron chi connectivity index (χ1n) is 14.5. The van der Waals surface area contributed by atoms with Crippen LogP contribution in [0.1, 0.15) is 36.6 Å². The van der Waals surface area contributed by atoms with E-state index in [-0.39, 0.29) is 34.0 Å². The summed E-state index contributed by atoms with van der Waals surface area (Å²) in [6, 6.07) is 9.49. The lowest BCUT2D eigenvalue weighted by molar-refractivity contribution is -0.198. The van der Waals surface area contributed by atoms with Gasteiger partial charge >= 0.3 is 12.1 Å². The lowest BCUT2D eigenvalue weighted by Crippen LogP contribution is -2.41. The number of hydrogen-bond donors (Lipinski definition) is 3. The van der Waals surface area contributed by atoms with Crippen LogP contribution in [-0.2, 0) is 4.79 Å². The summed E-state index contributed by atoms with van der Waals surface area (Å²) in [7, 11) is 0. The van der Waals surface area contributed by atoms with Crippen LogP contribution in [0, 0.1) is 24.0 Å². The van der Waals surface area contributed by atoms with Gasteiger partial charge in [0.2, 0.25) is 17.9 Å². The SMILES string of the molecule is Cc1ccn(-c2cc(-c3ccc(F)c(F)c3)ccc2C(Oc2cc(N3CCC4(CC3)CNC(C(=O)O)C4)nc(N)n2)C(F)(F)F)n1. The molecule has 2 aromatic heterocycles. The van der Waals surface area contributed by atoms with Crippen LogP contribution in [-0.4, -0.2) is 62.7 Å². The van der Waals surface area contributed by atoms with Crippen LogP contribution in [0.2, 0.25) is 0 Å². The number of carbonyl (C=O) groups is 1. The Kier molecular flexibility index (Phi) is 8.04. The van der Waals surface area contributed by atoms with Crippen molar-refractivity contribution in [3.05, 3.63) is 77.6 Å². The Balaban J connectivity index is 1.31. The lowest BCUT2D eigenvalue weighted by atomic mass is 9.76. The van der Waals surface area contributed by atoms with Crippen molar-refractivity contribution >= 4 is 17.7 Å². The number of carboxylic acid groups (broad SMARTS) is 1. The van der Waals surface area contributed by atoms with E-state index in [0.717, 1.165) is 12.1 Å². The number of nitrogen functional groups attached to an aromatic ring is 1. The van der Waals surface area contributed by atoms with Gasteiger partial charge in [0.05, 0.1) is 11.4 Å². The van der Waals surface area contributed by atoms with E-state index >= 15 is 0 Å². The average molecular weight is 644 g/mol. The Labute approximate surface area is 260 Å². The molecular weight excluding hydrogens is 613 g/mol. The Morgan fingerprint density at radius 3 is 2.41 bits per heavy atom. The van der Waals surface area contributed by atoms with Gasteiger partial charge in [-0.25, -0.2) is 13.5 Å². The molecule has 2 unspecified atom stereocenters. The fourth-order valence-corrected chi connectivity index (χ4v) is 6.13. The van der Waals surface area contributed by atoms with Gasteiger partial charge in [-0.1, -0.05) is 18.2 Å². The van der Waals surface area contributed by atoms with Crippen LogP contribution >= 0.6 is 0 Å². The number of ether oxygens (including phenoxy) is 1. The van der Waals surface area contributed by atoms with Crippen molar-refractivity contribution in [2.75, 3.05) is 30.3 Å². The zero-order valence-electron chi connectivity index (χ0n) is 24.6. The molecule has 0 saturated carbocycles. The van der Waals surface area contributed by atoms with E-state index in [2.05, 4.69) is 20.4 Å². The molecule has 2 saturated heterocycles. The largest absolute Gasteiger partial charge is 0.480 e. The van der Waals surface area contributed by atoms with E-state index in [9.17, 15) is 31.9 Å². The zero-order chi connectivity index (χ0) is 32.8. The molecule has 2 aromatic carbocycles. The Morgan fingerprint density at radius 2 is 1.78 bits per heavy atom. The van der Waals surface area contributed by atoms with Gasteiger partial charge in [-0.15, -0.1) is 0 Å². The normalized spacial score (nSPS) is 18.6. The maximum absolute atomic E-state index is 14.7. The molecule has 0 radical (unpaired) electrons. The third-order valence-corrected chi connectivity index (χ3v) is 8.58. The zero-order valence-corrected chi connectivity index (χ0v) is 24.6. The minimum absolute atomic E-state index is 0.00563. The van der Waals surface area contributed by atoms with Gasteiger partial charge in [-0.2, -0.15) is 28.2 Å². The number of anilines is 2. The molecule has 0 bridgehead atoms. The smallest absolute Gasteiger partial charge is 0.429 e. The molecule has 0 amide bonds. The fraction of sp³-hybridized carbons (Fsp3) is 0.355. The van der Waals surface area contributed by atoms with Crippen molar-refractivity contribution in [1.82, 2.24) is 25.1 Å². The highest BCUT2D eigenvalue weighted by Crippen LogP contribution is 2.43. The van der Waals surface area contributed by atoms with E-state index in [4.69, 9.17) is 10.5 Å². The standard InChI is InChI=1S/C31H30F5N7O3/c1-17-6-9-43(41-17)24-13-19(18-3-5-21(32)22(33)12-18)2-4-20(24)27(31(34,35)36)46-26-14-25(39-29(37)40-26)42-10-7-30(8-11-42)15-23(28(44)45)38-16-30/h2-6,9,12-14,23,27,38H,7-8,10-11,15-16H2,1H3,(H,44,45)(H2,37,39,40). The van der Waals surface area contributed by atoms with Crippen LogP contribution in [0.25, 0.3) is 16.8 Å². The molecule has 2 fully saturated rings. The second-order valence-corrected chi connectivity index (χ2v) is 11.7. The lowest BCUT2D eigenvalue weighted by Gasteiger charge is -2.39. The number of alkyl halides is 3. The Bertz CT molecular complexity index is 1770. The number of nitrogens with zero attached hydrogens (tertiary/aromatic N) is 5. The van der Waals surface area contributed by atoms with Crippen molar-refractivity contribution < 1.29 is 36.6 Å². The summed E-state index contributed by atoms with van der Waals surface area (Å²) in [4.78, 5) is 21.5. The van der Waals surface area contributed by atoms with Crippen molar-refractivity contribution in [3.8, 4) is 22.7 Å². The van der Waals surface area contributed by atoms with E-state index in [1.807, 2.05) is 4.90 Å². The molecule has 0 aliphatic carbocycles. The molecule has 15 heteroatoms. The number of aryl methyl sites for hydroxylation is 1. The Morgan fingerprint density at radius 1 is 1.07 bits per heavy atom. The summed E-state index contributed by atoms with van der Waals surface area (Å²) in [6.07, 6.45) is -4.14. The average Bonchev–Trinajstić information content (AvgIpc) is 3.63. The number of benzene rings is 2. The molecule has 2 aliphatic heterocycles. The van der Waals surface area contributed by atoms with E-state index in [1.165, 1.54) is 41.2 Å². The molecule has 4 aromatic rings. The van der Waals surface area contributed by atoms with E-state index in [1.54, 1.807) is 13.0 Å². The second kappa shape index (κ2) is 11.9. The third kappa shape index (κ3) is 6.32. The van der Waals surface area contributed by atoms with Crippen LogP contribution in [0.3, 0.4) is 0 Å². The number of halogens is 5. The van der Waals surface area contributed by atoms with Crippen molar-refractivity contribution in [1.29, 1.82) is 0 Å². The highest BCUT2D eigenvalue weighted by Gasteiger charge is 2.46. The highest BCUT2D eigenvalue weighted by molar-refractivity contribution is 5.74. The summed E-state index contributed by atoms with van der Waals surface area (Å²) in [5, 5.41) is 16.7. The van der Waals surface area contributed by atoms with Crippen molar-refractivity contribution in [2.45, 2.75) is 44.5 Å². The van der Waals surface area contributed by atoms with Gasteiger partial charge in [0.1, 0.15) is 11.9 Å². The monoisotopic (exact) mass is 643 g/mol. The second-order valence-electron chi connectivity index (χ2n) is 11.7. The van der Waals surface area contributed by atoms with Gasteiger partial charge in [-0.3, -0.25) is 4.79 Å². The molecule has 4 N–H and O–H groups in total.